The monoisotopic (exact) mass is 436 g/mol. The minimum Gasteiger partial charge on any atom is -0.355 e. The highest BCUT2D eigenvalue weighted by atomic mass is 79.9. The number of aromatic nitrogens is 1. The predicted molar refractivity (Wildman–Crippen MR) is 107 cm³/mol. The zero-order valence-electron chi connectivity index (χ0n) is 13.6. The number of fused-ring (bicyclic) bond motifs is 3. The van der Waals surface area contributed by atoms with Crippen LogP contribution in [0.2, 0.25) is 13.1 Å². The smallest absolute Gasteiger partial charge is 0.0824 e. The Kier molecular flexibility index (Phi) is 4.07. The van der Waals surface area contributed by atoms with Crippen LogP contribution < -0.4 is 5.19 Å². The van der Waals surface area contributed by atoms with E-state index in [0.717, 1.165) is 4.47 Å². The number of benzene rings is 2. The molecular formula is C18H20Br2NSi. The van der Waals surface area contributed by atoms with Crippen LogP contribution in [0.4, 0.5) is 0 Å². The van der Waals surface area contributed by atoms with E-state index in [4.69, 9.17) is 0 Å². The lowest BCUT2D eigenvalue weighted by Crippen LogP contribution is -2.34. The molecule has 1 aromatic heterocycles. The number of rotatable bonds is 1. The molecule has 3 rings (SSSR count). The van der Waals surface area contributed by atoms with Gasteiger partial charge in [-0.15, -0.1) is 0 Å². The zero-order chi connectivity index (χ0) is 16.2. The van der Waals surface area contributed by atoms with E-state index in [1.54, 1.807) is 0 Å². The molecule has 0 saturated heterocycles. The molecule has 0 atom stereocenters. The molecule has 1 nitrogen and oxygen atoms in total. The van der Waals surface area contributed by atoms with Crippen LogP contribution >= 0.6 is 31.9 Å². The first-order valence-electron chi connectivity index (χ1n) is 7.44. The van der Waals surface area contributed by atoms with E-state index in [9.17, 15) is 0 Å². The average molecular weight is 438 g/mol. The molecule has 4 heteroatoms. The molecule has 0 bridgehead atoms. The fourth-order valence-corrected chi connectivity index (χ4v) is 6.48. The molecule has 3 aromatic rings. The molecular weight excluding hydrogens is 418 g/mol. The van der Waals surface area contributed by atoms with Crippen molar-refractivity contribution in [3.8, 4) is 0 Å². The number of nitrogens with one attached hydrogen (secondary N) is 1. The van der Waals surface area contributed by atoms with Crippen molar-refractivity contribution >= 4 is 67.6 Å². The molecule has 1 N–H and O–H groups in total. The second kappa shape index (κ2) is 5.50. The van der Waals surface area contributed by atoms with E-state index in [0.29, 0.717) is 0 Å². The number of halogens is 2. The first-order chi connectivity index (χ1) is 10.2. The van der Waals surface area contributed by atoms with Gasteiger partial charge in [-0.2, -0.15) is 0 Å². The minimum absolute atomic E-state index is 0.127. The summed E-state index contributed by atoms with van der Waals surface area (Å²) in [5.41, 5.74) is 4.10. The van der Waals surface area contributed by atoms with Crippen LogP contribution in [0.3, 0.4) is 0 Å². The first kappa shape index (κ1) is 16.3. The van der Waals surface area contributed by atoms with Crippen LogP contribution in [0.5, 0.6) is 0 Å². The molecule has 22 heavy (non-hydrogen) atoms. The average Bonchev–Trinajstić information content (AvgIpc) is 2.73. The van der Waals surface area contributed by atoms with Gasteiger partial charge in [-0.25, -0.2) is 0 Å². The van der Waals surface area contributed by atoms with E-state index in [1.807, 2.05) is 0 Å². The third-order valence-electron chi connectivity index (χ3n) is 4.06. The summed E-state index contributed by atoms with van der Waals surface area (Å²) < 4.78 is 2.35. The lowest BCUT2D eigenvalue weighted by atomic mass is 9.86. The van der Waals surface area contributed by atoms with Crippen molar-refractivity contribution in [2.24, 2.45) is 0 Å². The van der Waals surface area contributed by atoms with E-state index in [1.165, 1.54) is 37.0 Å². The van der Waals surface area contributed by atoms with Gasteiger partial charge in [0.2, 0.25) is 0 Å². The number of H-pyrrole nitrogens is 1. The number of aromatic amines is 1. The van der Waals surface area contributed by atoms with Gasteiger partial charge >= 0.3 is 0 Å². The van der Waals surface area contributed by atoms with Crippen LogP contribution in [0.15, 0.2) is 33.2 Å². The fourth-order valence-electron chi connectivity index (χ4n) is 3.21. The lowest BCUT2D eigenvalue weighted by Gasteiger charge is -2.27. The first-order valence-corrected chi connectivity index (χ1v) is 11.5. The van der Waals surface area contributed by atoms with Gasteiger partial charge in [0.05, 0.1) is 8.80 Å². The molecule has 115 valence electrons. The van der Waals surface area contributed by atoms with E-state index < -0.39 is 8.80 Å². The molecule has 0 amide bonds. The van der Waals surface area contributed by atoms with Gasteiger partial charge in [-0.05, 0) is 40.4 Å². The van der Waals surface area contributed by atoms with E-state index >= 15 is 0 Å². The highest BCUT2D eigenvalue weighted by Crippen LogP contribution is 2.35. The van der Waals surface area contributed by atoms with Crippen molar-refractivity contribution in [1.29, 1.82) is 0 Å². The number of hydrogen-bond acceptors (Lipinski definition) is 0. The van der Waals surface area contributed by atoms with Crippen molar-refractivity contribution in [3.05, 3.63) is 38.8 Å². The van der Waals surface area contributed by atoms with Crippen LogP contribution in [0.1, 0.15) is 26.3 Å². The second-order valence-corrected chi connectivity index (χ2v) is 11.4. The van der Waals surface area contributed by atoms with Crippen LogP contribution in [0, 0.1) is 0 Å². The maximum absolute atomic E-state index is 3.85. The molecule has 1 radical (unpaired) electrons. The van der Waals surface area contributed by atoms with Gasteiger partial charge in [-0.1, -0.05) is 65.7 Å². The third kappa shape index (κ3) is 2.59. The van der Waals surface area contributed by atoms with Crippen LogP contribution in [0.25, 0.3) is 21.8 Å². The minimum atomic E-state index is -0.601. The summed E-state index contributed by atoms with van der Waals surface area (Å²) in [6.07, 6.45) is 0. The molecule has 0 saturated carbocycles. The number of hydrogen-bond donors (Lipinski definition) is 1. The summed E-state index contributed by atoms with van der Waals surface area (Å²) >= 11 is 7.45. The van der Waals surface area contributed by atoms with Crippen molar-refractivity contribution < 1.29 is 0 Å². The highest BCUT2D eigenvalue weighted by Gasteiger charge is 2.26. The Morgan fingerprint density at radius 1 is 1.00 bits per heavy atom. The van der Waals surface area contributed by atoms with Crippen LogP contribution in [-0.2, 0) is 5.41 Å². The molecule has 0 spiro atoms. The van der Waals surface area contributed by atoms with Crippen molar-refractivity contribution in [2.45, 2.75) is 39.3 Å². The molecule has 0 aliphatic carbocycles. The zero-order valence-corrected chi connectivity index (χ0v) is 17.7. The van der Waals surface area contributed by atoms with Crippen molar-refractivity contribution in [2.75, 3.05) is 0 Å². The fraction of sp³-hybridized carbons (Fsp3) is 0.333. The molecule has 0 fully saturated rings. The summed E-state index contributed by atoms with van der Waals surface area (Å²) in [5.74, 6) is 0. The van der Waals surface area contributed by atoms with Gasteiger partial charge < -0.3 is 4.98 Å². The predicted octanol–water partition coefficient (Wildman–Crippen LogP) is 6.11. The highest BCUT2D eigenvalue weighted by molar-refractivity contribution is 9.10. The van der Waals surface area contributed by atoms with Crippen molar-refractivity contribution in [1.82, 2.24) is 4.98 Å². The van der Waals surface area contributed by atoms with E-state index in [2.05, 4.69) is 95.0 Å². The van der Waals surface area contributed by atoms with Gasteiger partial charge in [-0.3, -0.25) is 0 Å². The summed E-state index contributed by atoms with van der Waals surface area (Å²) in [6, 6.07) is 8.75. The summed E-state index contributed by atoms with van der Waals surface area (Å²) in [7, 11) is -0.601. The van der Waals surface area contributed by atoms with E-state index in [-0.39, 0.29) is 5.41 Å². The Hall–Kier alpha value is -0.583. The quantitative estimate of drug-likeness (QED) is 0.442. The third-order valence-corrected chi connectivity index (χ3v) is 6.68. The molecule has 0 unspecified atom stereocenters. The van der Waals surface area contributed by atoms with Gasteiger partial charge in [0.1, 0.15) is 0 Å². The van der Waals surface area contributed by atoms with Gasteiger partial charge in [0.15, 0.2) is 0 Å². The largest absolute Gasteiger partial charge is 0.355 e. The van der Waals surface area contributed by atoms with Gasteiger partial charge in [0.25, 0.3) is 0 Å². The molecule has 0 aliphatic rings. The SMILES string of the molecule is C[Si](C)c1c(C(C)(C)C)c(Br)cc2c1[nH]c1ccc(Br)cc12. The Labute approximate surface area is 150 Å². The molecule has 1 heterocycles. The Balaban J connectivity index is 2.53. The second-order valence-electron chi connectivity index (χ2n) is 7.10. The lowest BCUT2D eigenvalue weighted by molar-refractivity contribution is 0.591. The maximum atomic E-state index is 3.85. The van der Waals surface area contributed by atoms with Crippen LogP contribution in [-0.4, -0.2) is 13.8 Å². The Morgan fingerprint density at radius 3 is 2.27 bits per heavy atom. The van der Waals surface area contributed by atoms with Gasteiger partial charge in [0, 0.05) is 30.8 Å². The summed E-state index contributed by atoms with van der Waals surface area (Å²) in [4.78, 5) is 3.68. The molecule has 2 aromatic carbocycles. The summed E-state index contributed by atoms with van der Waals surface area (Å²) in [6.45, 7) is 11.6. The molecule has 0 aliphatic heterocycles. The normalized spacial score (nSPS) is 12.7. The Bertz CT molecular complexity index is 872. The maximum Gasteiger partial charge on any atom is 0.0824 e. The topological polar surface area (TPSA) is 15.8 Å². The van der Waals surface area contributed by atoms with Crippen molar-refractivity contribution in [3.63, 3.8) is 0 Å². The standard InChI is InChI=1S/C18H20Br2NSi/c1-18(2,3)15-13(20)9-12-11-8-10(19)6-7-14(11)21-16(12)17(15)22(4)5/h6-9,21H,1-5H3. The summed E-state index contributed by atoms with van der Waals surface area (Å²) in [5, 5.41) is 4.13. The Morgan fingerprint density at radius 2 is 1.68 bits per heavy atom.